The van der Waals surface area contributed by atoms with Crippen molar-refractivity contribution in [3.63, 3.8) is 0 Å². The standard InChI is InChI=1S/C21H13N5O/c1-2-6-14-13(5-1)24-20(25-14)18-12(9-10-16-19(18)23-11-22-16)21-26-15-7-3-4-8-17(15)27-21/h1-11H,(H,22,23)(H,24,25). The maximum Gasteiger partial charge on any atom is 0.228 e. The van der Waals surface area contributed by atoms with Gasteiger partial charge in [-0.1, -0.05) is 24.3 Å². The summed E-state index contributed by atoms with van der Waals surface area (Å²) < 4.78 is 6.03. The van der Waals surface area contributed by atoms with E-state index in [1.807, 2.05) is 60.7 Å². The van der Waals surface area contributed by atoms with Crippen molar-refractivity contribution in [1.82, 2.24) is 24.9 Å². The second kappa shape index (κ2) is 5.28. The third-order valence-electron chi connectivity index (χ3n) is 4.74. The molecule has 0 radical (unpaired) electrons. The molecule has 27 heavy (non-hydrogen) atoms. The molecule has 128 valence electrons. The number of fused-ring (bicyclic) bond motifs is 3. The van der Waals surface area contributed by atoms with E-state index in [1.165, 1.54) is 0 Å². The van der Waals surface area contributed by atoms with Crippen LogP contribution in [0.5, 0.6) is 0 Å². The van der Waals surface area contributed by atoms with E-state index in [1.54, 1.807) is 6.33 Å². The number of H-pyrrole nitrogens is 2. The maximum absolute atomic E-state index is 6.03. The van der Waals surface area contributed by atoms with Gasteiger partial charge in [-0.05, 0) is 36.4 Å². The molecule has 0 bridgehead atoms. The lowest BCUT2D eigenvalue weighted by atomic mass is 10.0. The molecule has 0 aliphatic rings. The molecule has 3 aromatic heterocycles. The predicted molar refractivity (Wildman–Crippen MR) is 104 cm³/mol. The number of hydrogen-bond donors (Lipinski definition) is 2. The first kappa shape index (κ1) is 14.3. The van der Waals surface area contributed by atoms with Gasteiger partial charge in [0.2, 0.25) is 5.89 Å². The summed E-state index contributed by atoms with van der Waals surface area (Å²) in [4.78, 5) is 20.5. The molecular weight excluding hydrogens is 338 g/mol. The Morgan fingerprint density at radius 2 is 1.63 bits per heavy atom. The minimum absolute atomic E-state index is 0.552. The van der Waals surface area contributed by atoms with Crippen molar-refractivity contribution in [3.05, 3.63) is 67.0 Å². The number of nitrogens with one attached hydrogen (secondary N) is 2. The van der Waals surface area contributed by atoms with Gasteiger partial charge in [-0.2, -0.15) is 0 Å². The first-order valence-electron chi connectivity index (χ1n) is 8.64. The molecule has 0 aliphatic carbocycles. The van der Waals surface area contributed by atoms with Crippen LogP contribution in [0.2, 0.25) is 0 Å². The second-order valence-corrected chi connectivity index (χ2v) is 6.38. The van der Waals surface area contributed by atoms with Crippen molar-refractivity contribution >= 4 is 33.2 Å². The van der Waals surface area contributed by atoms with E-state index < -0.39 is 0 Å². The highest BCUT2D eigenvalue weighted by atomic mass is 16.3. The summed E-state index contributed by atoms with van der Waals surface area (Å²) in [5.41, 5.74) is 6.95. The molecule has 3 aromatic carbocycles. The Hall–Kier alpha value is -3.93. The number of aromatic nitrogens is 5. The topological polar surface area (TPSA) is 83.4 Å². The van der Waals surface area contributed by atoms with Crippen molar-refractivity contribution in [2.45, 2.75) is 0 Å². The Balaban J connectivity index is 1.68. The van der Waals surface area contributed by atoms with Gasteiger partial charge in [0.1, 0.15) is 11.3 Å². The average Bonchev–Trinajstić information content (AvgIpc) is 3.43. The number of benzene rings is 3. The van der Waals surface area contributed by atoms with Gasteiger partial charge in [0.25, 0.3) is 0 Å². The van der Waals surface area contributed by atoms with Crippen LogP contribution < -0.4 is 0 Å². The molecule has 0 spiro atoms. The van der Waals surface area contributed by atoms with Crippen LogP contribution in [0.1, 0.15) is 0 Å². The molecule has 6 rings (SSSR count). The van der Waals surface area contributed by atoms with Gasteiger partial charge < -0.3 is 14.4 Å². The number of imidazole rings is 2. The zero-order valence-electron chi connectivity index (χ0n) is 14.1. The Labute approximate surface area is 152 Å². The summed E-state index contributed by atoms with van der Waals surface area (Å²) in [6, 6.07) is 19.7. The van der Waals surface area contributed by atoms with Gasteiger partial charge in [-0.15, -0.1) is 0 Å². The van der Waals surface area contributed by atoms with Crippen molar-refractivity contribution in [2.75, 3.05) is 0 Å². The highest BCUT2D eigenvalue weighted by Gasteiger charge is 2.20. The smallest absolute Gasteiger partial charge is 0.228 e. The fourth-order valence-corrected chi connectivity index (χ4v) is 3.48. The number of nitrogens with zero attached hydrogens (tertiary/aromatic N) is 3. The minimum atomic E-state index is 0.552. The summed E-state index contributed by atoms with van der Waals surface area (Å²) in [5.74, 6) is 1.29. The van der Waals surface area contributed by atoms with E-state index in [2.05, 4.69) is 19.9 Å². The van der Waals surface area contributed by atoms with Crippen LogP contribution in [-0.4, -0.2) is 24.9 Å². The van der Waals surface area contributed by atoms with Crippen LogP contribution in [0, 0.1) is 0 Å². The van der Waals surface area contributed by atoms with Crippen LogP contribution in [0.3, 0.4) is 0 Å². The van der Waals surface area contributed by atoms with Crippen LogP contribution in [-0.2, 0) is 0 Å². The normalized spacial score (nSPS) is 11.7. The molecule has 0 amide bonds. The van der Waals surface area contributed by atoms with E-state index in [9.17, 15) is 0 Å². The molecule has 0 atom stereocenters. The number of para-hydroxylation sites is 4. The average molecular weight is 351 g/mol. The number of hydrogen-bond acceptors (Lipinski definition) is 4. The Morgan fingerprint density at radius 3 is 2.52 bits per heavy atom. The van der Waals surface area contributed by atoms with Crippen molar-refractivity contribution in [2.24, 2.45) is 0 Å². The van der Waals surface area contributed by atoms with Gasteiger partial charge in [-0.25, -0.2) is 15.0 Å². The fourth-order valence-electron chi connectivity index (χ4n) is 3.48. The van der Waals surface area contributed by atoms with E-state index in [4.69, 9.17) is 9.40 Å². The largest absolute Gasteiger partial charge is 0.436 e. The number of aromatic amines is 2. The SMILES string of the molecule is c1ccc2[nH]c(-c3c(-c4nc5ccccc5o4)ccc4[nH]cnc34)nc2c1. The Kier molecular flexibility index (Phi) is 2.79. The summed E-state index contributed by atoms with van der Waals surface area (Å²) >= 11 is 0. The minimum Gasteiger partial charge on any atom is -0.436 e. The van der Waals surface area contributed by atoms with E-state index in [-0.39, 0.29) is 0 Å². The van der Waals surface area contributed by atoms with Gasteiger partial charge in [0, 0.05) is 0 Å². The third-order valence-corrected chi connectivity index (χ3v) is 4.74. The molecule has 2 N–H and O–H groups in total. The summed E-state index contributed by atoms with van der Waals surface area (Å²) in [6.07, 6.45) is 1.69. The van der Waals surface area contributed by atoms with Gasteiger partial charge >= 0.3 is 0 Å². The predicted octanol–water partition coefficient (Wildman–Crippen LogP) is 4.91. The summed E-state index contributed by atoms with van der Waals surface area (Å²) in [5, 5.41) is 0. The molecular formula is C21H13N5O. The molecule has 3 heterocycles. The lowest BCUT2D eigenvalue weighted by molar-refractivity contribution is 0.620. The van der Waals surface area contributed by atoms with Crippen molar-refractivity contribution in [3.8, 4) is 22.8 Å². The van der Waals surface area contributed by atoms with E-state index >= 15 is 0 Å². The second-order valence-electron chi connectivity index (χ2n) is 6.38. The molecule has 0 saturated heterocycles. The Bertz CT molecular complexity index is 1370. The van der Waals surface area contributed by atoms with Crippen LogP contribution >= 0.6 is 0 Å². The molecule has 0 saturated carbocycles. The quantitative estimate of drug-likeness (QED) is 0.464. The van der Waals surface area contributed by atoms with Crippen LogP contribution in [0.4, 0.5) is 0 Å². The summed E-state index contributed by atoms with van der Waals surface area (Å²) in [7, 11) is 0. The van der Waals surface area contributed by atoms with Gasteiger partial charge in [-0.3, -0.25) is 0 Å². The lowest BCUT2D eigenvalue weighted by Gasteiger charge is -2.05. The van der Waals surface area contributed by atoms with Gasteiger partial charge in [0.05, 0.1) is 39.5 Å². The van der Waals surface area contributed by atoms with Crippen LogP contribution in [0.15, 0.2) is 71.4 Å². The molecule has 6 aromatic rings. The molecule has 0 unspecified atom stereocenters. The zero-order chi connectivity index (χ0) is 17.8. The highest BCUT2D eigenvalue weighted by Crippen LogP contribution is 2.37. The Morgan fingerprint density at radius 1 is 0.778 bits per heavy atom. The number of rotatable bonds is 2. The monoisotopic (exact) mass is 351 g/mol. The molecule has 0 aliphatic heterocycles. The van der Waals surface area contributed by atoms with Crippen molar-refractivity contribution < 1.29 is 4.42 Å². The van der Waals surface area contributed by atoms with E-state index in [0.29, 0.717) is 5.89 Å². The van der Waals surface area contributed by atoms with Crippen molar-refractivity contribution in [1.29, 1.82) is 0 Å². The molecule has 6 nitrogen and oxygen atoms in total. The fraction of sp³-hybridized carbons (Fsp3) is 0. The zero-order valence-corrected chi connectivity index (χ0v) is 14.1. The molecule has 6 heteroatoms. The van der Waals surface area contributed by atoms with Crippen LogP contribution in [0.25, 0.3) is 56.0 Å². The highest BCUT2D eigenvalue weighted by molar-refractivity contribution is 5.99. The number of oxazole rings is 1. The van der Waals surface area contributed by atoms with Gasteiger partial charge in [0.15, 0.2) is 5.58 Å². The molecule has 0 fully saturated rings. The first-order chi connectivity index (χ1) is 13.4. The third kappa shape index (κ3) is 2.10. The maximum atomic E-state index is 6.03. The first-order valence-corrected chi connectivity index (χ1v) is 8.64. The van der Waals surface area contributed by atoms with E-state index in [0.717, 1.165) is 50.1 Å². The lowest BCUT2D eigenvalue weighted by Crippen LogP contribution is -1.90. The summed E-state index contributed by atoms with van der Waals surface area (Å²) in [6.45, 7) is 0.